The molecule has 1 aliphatic rings. The second-order valence-electron chi connectivity index (χ2n) is 7.46. The summed E-state index contributed by atoms with van der Waals surface area (Å²) in [6.07, 6.45) is 4.32. The van der Waals surface area contributed by atoms with Gasteiger partial charge in [0.2, 0.25) is 5.91 Å². The van der Waals surface area contributed by atoms with Gasteiger partial charge in [0, 0.05) is 13.6 Å². The van der Waals surface area contributed by atoms with Gasteiger partial charge in [0.05, 0.1) is 12.5 Å². The Balaban J connectivity index is 1.74. The first-order valence-corrected chi connectivity index (χ1v) is 9.72. The molecule has 3 rings (SSSR count). The molecule has 0 aliphatic carbocycles. The van der Waals surface area contributed by atoms with Gasteiger partial charge in [-0.2, -0.15) is 0 Å². The van der Waals surface area contributed by atoms with Gasteiger partial charge in [0.15, 0.2) is 0 Å². The molecule has 0 spiro atoms. The van der Waals surface area contributed by atoms with Gasteiger partial charge in [-0.3, -0.25) is 4.79 Å². The molecule has 0 N–H and O–H groups in total. The second-order valence-corrected chi connectivity index (χ2v) is 7.46. The van der Waals surface area contributed by atoms with Crippen LogP contribution in [0, 0.1) is 6.92 Å². The Morgan fingerprint density at radius 2 is 1.77 bits per heavy atom. The lowest BCUT2D eigenvalue weighted by Crippen LogP contribution is -2.41. The Labute approximate surface area is 157 Å². The molecular formula is C23H30N2O. The van der Waals surface area contributed by atoms with Crippen molar-refractivity contribution in [2.45, 2.75) is 38.6 Å². The van der Waals surface area contributed by atoms with Crippen molar-refractivity contribution in [3.63, 3.8) is 0 Å². The third kappa shape index (κ3) is 4.95. The molecule has 26 heavy (non-hydrogen) atoms. The zero-order chi connectivity index (χ0) is 18.4. The molecule has 2 aromatic carbocycles. The summed E-state index contributed by atoms with van der Waals surface area (Å²) in [4.78, 5) is 17.4. The van der Waals surface area contributed by atoms with E-state index in [0.29, 0.717) is 6.42 Å². The van der Waals surface area contributed by atoms with Gasteiger partial charge in [-0.15, -0.1) is 0 Å². The molecule has 3 heteroatoms. The maximum absolute atomic E-state index is 13.0. The summed E-state index contributed by atoms with van der Waals surface area (Å²) < 4.78 is 0. The SMILES string of the molecule is Cc1cccc(CC(=O)N(C)[C@@H](CN2CCCCC2)c2ccccc2)c1. The summed E-state index contributed by atoms with van der Waals surface area (Å²) in [6, 6.07) is 18.8. The van der Waals surface area contributed by atoms with E-state index in [1.807, 2.05) is 30.1 Å². The van der Waals surface area contributed by atoms with Crippen LogP contribution in [0.1, 0.15) is 42.0 Å². The summed E-state index contributed by atoms with van der Waals surface area (Å²) in [5, 5.41) is 0. The highest BCUT2D eigenvalue weighted by molar-refractivity contribution is 5.79. The molecule has 0 bridgehead atoms. The minimum atomic E-state index is 0.103. The third-order valence-electron chi connectivity index (χ3n) is 5.36. The van der Waals surface area contributed by atoms with Crippen LogP contribution in [0.4, 0.5) is 0 Å². The minimum absolute atomic E-state index is 0.103. The Morgan fingerprint density at radius 1 is 1.04 bits per heavy atom. The van der Waals surface area contributed by atoms with Crippen molar-refractivity contribution in [1.29, 1.82) is 0 Å². The molecule has 1 saturated heterocycles. The van der Waals surface area contributed by atoms with Crippen molar-refractivity contribution in [3.8, 4) is 0 Å². The summed E-state index contributed by atoms with van der Waals surface area (Å²) in [5.74, 6) is 0.182. The quantitative estimate of drug-likeness (QED) is 0.779. The van der Waals surface area contributed by atoms with Crippen molar-refractivity contribution in [2.75, 3.05) is 26.7 Å². The average Bonchev–Trinajstić information content (AvgIpc) is 2.67. The van der Waals surface area contributed by atoms with E-state index >= 15 is 0 Å². The highest BCUT2D eigenvalue weighted by Gasteiger charge is 2.25. The Morgan fingerprint density at radius 3 is 2.46 bits per heavy atom. The van der Waals surface area contributed by atoms with E-state index in [1.165, 1.54) is 30.4 Å². The van der Waals surface area contributed by atoms with Crippen LogP contribution in [0.15, 0.2) is 54.6 Å². The van der Waals surface area contributed by atoms with Gasteiger partial charge < -0.3 is 9.80 Å². The van der Waals surface area contributed by atoms with E-state index < -0.39 is 0 Å². The van der Waals surface area contributed by atoms with Crippen molar-refractivity contribution in [2.24, 2.45) is 0 Å². The zero-order valence-electron chi connectivity index (χ0n) is 16.0. The van der Waals surface area contributed by atoms with E-state index in [1.54, 1.807) is 0 Å². The molecule has 1 atom stereocenters. The van der Waals surface area contributed by atoms with Crippen LogP contribution in [0.5, 0.6) is 0 Å². The average molecular weight is 351 g/mol. The number of hydrogen-bond acceptors (Lipinski definition) is 2. The smallest absolute Gasteiger partial charge is 0.227 e. The van der Waals surface area contributed by atoms with E-state index in [0.717, 1.165) is 25.2 Å². The third-order valence-corrected chi connectivity index (χ3v) is 5.36. The maximum atomic E-state index is 13.0. The Bertz CT molecular complexity index is 707. The van der Waals surface area contributed by atoms with Crippen molar-refractivity contribution < 1.29 is 4.79 Å². The normalized spacial score (nSPS) is 16.2. The Hall–Kier alpha value is -2.13. The van der Waals surface area contributed by atoms with Gasteiger partial charge >= 0.3 is 0 Å². The van der Waals surface area contributed by atoms with Gasteiger partial charge in [0.1, 0.15) is 0 Å². The van der Waals surface area contributed by atoms with Crippen LogP contribution in [-0.4, -0.2) is 42.4 Å². The number of benzene rings is 2. The summed E-state index contributed by atoms with van der Waals surface area (Å²) in [6.45, 7) is 5.27. The molecule has 1 heterocycles. The molecule has 1 fully saturated rings. The topological polar surface area (TPSA) is 23.6 Å². The Kier molecular flexibility index (Phi) is 6.45. The molecule has 0 saturated carbocycles. The summed E-state index contributed by atoms with van der Waals surface area (Å²) >= 11 is 0. The van der Waals surface area contributed by atoms with Gasteiger partial charge in [-0.05, 0) is 44.0 Å². The van der Waals surface area contributed by atoms with Crippen molar-refractivity contribution in [1.82, 2.24) is 9.80 Å². The number of rotatable bonds is 6. The van der Waals surface area contributed by atoms with Crippen LogP contribution in [0.25, 0.3) is 0 Å². The fourth-order valence-corrected chi connectivity index (χ4v) is 3.81. The van der Waals surface area contributed by atoms with E-state index in [-0.39, 0.29) is 11.9 Å². The fraction of sp³-hybridized carbons (Fsp3) is 0.435. The second kappa shape index (κ2) is 9.00. The highest BCUT2D eigenvalue weighted by Crippen LogP contribution is 2.23. The zero-order valence-corrected chi connectivity index (χ0v) is 16.0. The first-order valence-electron chi connectivity index (χ1n) is 9.72. The van der Waals surface area contributed by atoms with Crippen molar-refractivity contribution in [3.05, 3.63) is 71.3 Å². The molecule has 138 valence electrons. The lowest BCUT2D eigenvalue weighted by Gasteiger charge is -2.35. The molecular weight excluding hydrogens is 320 g/mol. The van der Waals surface area contributed by atoms with Crippen molar-refractivity contribution >= 4 is 5.91 Å². The van der Waals surface area contributed by atoms with Crippen LogP contribution in [-0.2, 0) is 11.2 Å². The lowest BCUT2D eigenvalue weighted by atomic mass is 10.0. The number of hydrogen-bond donors (Lipinski definition) is 0. The number of carbonyl (C=O) groups excluding carboxylic acids is 1. The fourth-order valence-electron chi connectivity index (χ4n) is 3.81. The minimum Gasteiger partial charge on any atom is -0.337 e. The van der Waals surface area contributed by atoms with Crippen LogP contribution < -0.4 is 0 Å². The maximum Gasteiger partial charge on any atom is 0.227 e. The van der Waals surface area contributed by atoms with E-state index in [2.05, 4.69) is 48.2 Å². The standard InChI is InChI=1S/C23H30N2O/c1-19-10-9-11-20(16-19)17-23(26)24(2)22(21-12-5-3-6-13-21)18-25-14-7-4-8-15-25/h3,5-6,9-13,16,22H,4,7-8,14-15,17-18H2,1-2H3/t22-/m0/s1. The molecule has 1 amide bonds. The largest absolute Gasteiger partial charge is 0.337 e. The predicted molar refractivity (Wildman–Crippen MR) is 107 cm³/mol. The molecule has 0 aromatic heterocycles. The van der Waals surface area contributed by atoms with Gasteiger partial charge in [0.25, 0.3) is 0 Å². The first kappa shape index (κ1) is 18.7. The number of nitrogens with zero attached hydrogens (tertiary/aromatic N) is 2. The monoisotopic (exact) mass is 350 g/mol. The molecule has 0 radical (unpaired) electrons. The number of aryl methyl sites for hydroxylation is 1. The number of likely N-dealkylation sites (tertiary alicyclic amines) is 1. The van der Waals surface area contributed by atoms with Crippen LogP contribution in [0.3, 0.4) is 0 Å². The van der Waals surface area contributed by atoms with Gasteiger partial charge in [-0.1, -0.05) is 66.6 Å². The number of amides is 1. The molecule has 3 nitrogen and oxygen atoms in total. The van der Waals surface area contributed by atoms with Crippen LogP contribution in [0.2, 0.25) is 0 Å². The van der Waals surface area contributed by atoms with Crippen LogP contribution >= 0.6 is 0 Å². The van der Waals surface area contributed by atoms with Gasteiger partial charge in [-0.25, -0.2) is 0 Å². The molecule has 0 unspecified atom stereocenters. The van der Waals surface area contributed by atoms with E-state index in [4.69, 9.17) is 0 Å². The first-order chi connectivity index (χ1) is 12.6. The van der Waals surface area contributed by atoms with E-state index in [9.17, 15) is 4.79 Å². The highest BCUT2D eigenvalue weighted by atomic mass is 16.2. The number of carbonyl (C=O) groups is 1. The summed E-state index contributed by atoms with van der Waals surface area (Å²) in [5.41, 5.74) is 3.51. The molecule has 2 aromatic rings. The number of piperidine rings is 1. The lowest BCUT2D eigenvalue weighted by molar-refractivity contribution is -0.131. The predicted octanol–water partition coefficient (Wildman–Crippen LogP) is 4.22. The number of likely N-dealkylation sites (N-methyl/N-ethyl adjacent to an activating group) is 1. The summed E-state index contributed by atoms with van der Waals surface area (Å²) in [7, 11) is 1.96. The molecule has 1 aliphatic heterocycles.